The highest BCUT2D eigenvalue weighted by atomic mass is 16.5. The van der Waals surface area contributed by atoms with E-state index in [-0.39, 0.29) is 6.04 Å². The van der Waals surface area contributed by atoms with Crippen molar-refractivity contribution in [3.8, 4) is 0 Å². The molecule has 1 unspecified atom stereocenters. The molecule has 9 nitrogen and oxygen atoms in total. The number of nitrogens with zero attached hydrogens (tertiary/aromatic N) is 7. The first-order chi connectivity index (χ1) is 11.8. The highest BCUT2D eigenvalue weighted by Gasteiger charge is 2.27. The molecule has 1 N–H and O–H groups in total. The number of imidazole rings is 1. The number of aryl methyl sites for hydroxylation is 1. The summed E-state index contributed by atoms with van der Waals surface area (Å²) in [7, 11) is 0. The third-order valence-electron chi connectivity index (χ3n) is 4.52. The highest BCUT2D eigenvalue weighted by Crippen LogP contribution is 2.24. The van der Waals surface area contributed by atoms with Gasteiger partial charge in [-0.3, -0.25) is 4.90 Å². The number of H-pyrrole nitrogens is 1. The lowest BCUT2D eigenvalue weighted by Gasteiger charge is -2.37. The second-order valence-electron chi connectivity index (χ2n) is 5.90. The maximum absolute atomic E-state index is 5.38. The Morgan fingerprint density at radius 2 is 2.04 bits per heavy atom. The van der Waals surface area contributed by atoms with E-state index in [1.54, 1.807) is 12.7 Å². The monoisotopic (exact) mass is 328 g/mol. The zero-order valence-electron chi connectivity index (χ0n) is 13.8. The van der Waals surface area contributed by atoms with E-state index in [4.69, 9.17) is 4.52 Å². The summed E-state index contributed by atoms with van der Waals surface area (Å²) in [6.07, 6.45) is 4.01. The topological polar surface area (TPSA) is 99.9 Å². The quantitative estimate of drug-likeness (QED) is 0.762. The van der Waals surface area contributed by atoms with Crippen LogP contribution in [0.2, 0.25) is 0 Å². The lowest BCUT2D eigenvalue weighted by molar-refractivity contribution is 0.164. The Kier molecular flexibility index (Phi) is 3.85. The Bertz CT molecular complexity index is 820. The molecule has 1 fully saturated rings. The SMILES string of the molecule is CCc1noc(C(C)N2CCN(c3ncnc4nc[nH]c34)CC2)n1. The van der Waals surface area contributed by atoms with Crippen LogP contribution in [0.4, 0.5) is 5.82 Å². The lowest BCUT2D eigenvalue weighted by atomic mass is 10.2. The zero-order chi connectivity index (χ0) is 16.5. The summed E-state index contributed by atoms with van der Waals surface area (Å²) in [6, 6.07) is 0.123. The third kappa shape index (κ3) is 2.60. The first-order valence-corrected chi connectivity index (χ1v) is 8.22. The summed E-state index contributed by atoms with van der Waals surface area (Å²) in [5.74, 6) is 2.37. The fourth-order valence-corrected chi connectivity index (χ4v) is 3.05. The average molecular weight is 328 g/mol. The fraction of sp³-hybridized carbons (Fsp3) is 0.533. The largest absolute Gasteiger partial charge is 0.352 e. The molecule has 9 heteroatoms. The number of aromatic nitrogens is 6. The van der Waals surface area contributed by atoms with Crippen LogP contribution >= 0.6 is 0 Å². The molecule has 1 aliphatic rings. The molecule has 24 heavy (non-hydrogen) atoms. The number of aromatic amines is 1. The Morgan fingerprint density at radius 3 is 2.79 bits per heavy atom. The molecule has 0 aromatic carbocycles. The molecular weight excluding hydrogens is 308 g/mol. The average Bonchev–Trinajstić information content (AvgIpc) is 3.30. The van der Waals surface area contributed by atoms with Crippen molar-refractivity contribution < 1.29 is 4.52 Å². The molecule has 0 radical (unpaired) electrons. The molecule has 1 atom stereocenters. The minimum Gasteiger partial charge on any atom is -0.352 e. The van der Waals surface area contributed by atoms with Crippen molar-refractivity contribution in [3.63, 3.8) is 0 Å². The normalized spacial score (nSPS) is 17.5. The molecule has 0 aliphatic carbocycles. The van der Waals surface area contributed by atoms with Gasteiger partial charge in [0.05, 0.1) is 12.4 Å². The molecule has 0 bridgehead atoms. The summed E-state index contributed by atoms with van der Waals surface area (Å²) < 4.78 is 5.38. The molecule has 3 aromatic heterocycles. The van der Waals surface area contributed by atoms with E-state index in [9.17, 15) is 0 Å². The molecule has 3 aromatic rings. The van der Waals surface area contributed by atoms with E-state index in [0.29, 0.717) is 11.5 Å². The summed E-state index contributed by atoms with van der Waals surface area (Å²) >= 11 is 0. The predicted octanol–water partition coefficient (Wildman–Crippen LogP) is 1.18. The predicted molar refractivity (Wildman–Crippen MR) is 87.6 cm³/mol. The van der Waals surface area contributed by atoms with E-state index in [2.05, 4.69) is 46.8 Å². The van der Waals surface area contributed by atoms with Gasteiger partial charge in [0.25, 0.3) is 0 Å². The first-order valence-electron chi connectivity index (χ1n) is 8.22. The Balaban J connectivity index is 1.45. The van der Waals surface area contributed by atoms with Crippen molar-refractivity contribution >= 4 is 17.0 Å². The van der Waals surface area contributed by atoms with Gasteiger partial charge in [-0.2, -0.15) is 4.98 Å². The van der Waals surface area contributed by atoms with Gasteiger partial charge in [0.1, 0.15) is 11.8 Å². The molecule has 126 valence electrons. The van der Waals surface area contributed by atoms with Crippen molar-refractivity contribution in [1.82, 2.24) is 35.0 Å². The van der Waals surface area contributed by atoms with Gasteiger partial charge in [0, 0.05) is 32.6 Å². The minimum absolute atomic E-state index is 0.123. The van der Waals surface area contributed by atoms with Crippen LogP contribution < -0.4 is 4.90 Å². The molecule has 4 heterocycles. The highest BCUT2D eigenvalue weighted by molar-refractivity contribution is 5.82. The van der Waals surface area contributed by atoms with Gasteiger partial charge in [0.2, 0.25) is 5.89 Å². The van der Waals surface area contributed by atoms with Crippen LogP contribution in [0, 0.1) is 0 Å². The third-order valence-corrected chi connectivity index (χ3v) is 4.52. The molecule has 0 amide bonds. The summed E-state index contributed by atoms with van der Waals surface area (Å²) in [5, 5.41) is 3.99. The van der Waals surface area contributed by atoms with Gasteiger partial charge in [-0.25, -0.2) is 15.0 Å². The van der Waals surface area contributed by atoms with Crippen LogP contribution in [-0.4, -0.2) is 61.2 Å². The number of rotatable bonds is 4. The Morgan fingerprint density at radius 1 is 1.21 bits per heavy atom. The molecule has 1 saturated heterocycles. The van der Waals surface area contributed by atoms with E-state index in [0.717, 1.165) is 49.8 Å². The van der Waals surface area contributed by atoms with Gasteiger partial charge < -0.3 is 14.4 Å². The maximum Gasteiger partial charge on any atom is 0.243 e. The lowest BCUT2D eigenvalue weighted by Crippen LogP contribution is -2.47. The number of nitrogens with one attached hydrogen (secondary N) is 1. The molecule has 0 spiro atoms. The molecular formula is C15H20N8O. The summed E-state index contributed by atoms with van der Waals surface area (Å²) in [4.78, 5) is 25.0. The van der Waals surface area contributed by atoms with Gasteiger partial charge in [-0.15, -0.1) is 0 Å². The van der Waals surface area contributed by atoms with Crippen LogP contribution in [-0.2, 0) is 6.42 Å². The number of anilines is 1. The van der Waals surface area contributed by atoms with Gasteiger partial charge in [-0.1, -0.05) is 12.1 Å². The Labute approximate surface area is 139 Å². The van der Waals surface area contributed by atoms with Gasteiger partial charge in [-0.05, 0) is 6.92 Å². The van der Waals surface area contributed by atoms with Crippen molar-refractivity contribution in [1.29, 1.82) is 0 Å². The van der Waals surface area contributed by atoms with E-state index in [1.165, 1.54) is 0 Å². The van der Waals surface area contributed by atoms with Crippen molar-refractivity contribution in [2.24, 2.45) is 0 Å². The van der Waals surface area contributed by atoms with Crippen LogP contribution in [0.25, 0.3) is 11.2 Å². The summed E-state index contributed by atoms with van der Waals surface area (Å²) in [6.45, 7) is 7.71. The molecule has 1 aliphatic heterocycles. The van der Waals surface area contributed by atoms with Crippen LogP contribution in [0.15, 0.2) is 17.2 Å². The Hall–Kier alpha value is -2.55. The van der Waals surface area contributed by atoms with Crippen molar-refractivity contribution in [2.45, 2.75) is 26.3 Å². The zero-order valence-corrected chi connectivity index (χ0v) is 13.8. The van der Waals surface area contributed by atoms with Crippen LogP contribution in [0.3, 0.4) is 0 Å². The van der Waals surface area contributed by atoms with Crippen molar-refractivity contribution in [3.05, 3.63) is 24.4 Å². The number of hydrogen-bond acceptors (Lipinski definition) is 8. The second kappa shape index (κ2) is 6.16. The van der Waals surface area contributed by atoms with Crippen LogP contribution in [0.5, 0.6) is 0 Å². The summed E-state index contributed by atoms with van der Waals surface area (Å²) in [5.41, 5.74) is 1.59. The van der Waals surface area contributed by atoms with Gasteiger partial charge in [0.15, 0.2) is 17.3 Å². The fourth-order valence-electron chi connectivity index (χ4n) is 3.05. The van der Waals surface area contributed by atoms with E-state index >= 15 is 0 Å². The minimum atomic E-state index is 0.123. The maximum atomic E-state index is 5.38. The smallest absolute Gasteiger partial charge is 0.243 e. The number of fused-ring (bicyclic) bond motifs is 1. The molecule has 0 saturated carbocycles. The molecule has 4 rings (SSSR count). The second-order valence-corrected chi connectivity index (χ2v) is 5.90. The van der Waals surface area contributed by atoms with Crippen LogP contribution in [0.1, 0.15) is 31.6 Å². The van der Waals surface area contributed by atoms with Gasteiger partial charge >= 0.3 is 0 Å². The van der Waals surface area contributed by atoms with E-state index in [1.807, 2.05) is 6.92 Å². The number of hydrogen-bond donors (Lipinski definition) is 1. The first kappa shape index (κ1) is 15.0. The number of piperazine rings is 1. The standard InChI is InChI=1S/C15H20N8O/c1-3-11-20-15(24-21-11)10(2)22-4-6-23(7-5-22)14-12-13(17-8-16-12)18-9-19-14/h8-10H,3-7H2,1-2H3,(H,16,17,18,19). The van der Waals surface area contributed by atoms with E-state index < -0.39 is 0 Å². The van der Waals surface area contributed by atoms with Crippen molar-refractivity contribution in [2.75, 3.05) is 31.1 Å².